The van der Waals surface area contributed by atoms with Gasteiger partial charge in [0, 0.05) is 17.0 Å². The molecule has 0 heterocycles. The Hall–Kier alpha value is -4.27. The van der Waals surface area contributed by atoms with Gasteiger partial charge in [-0.05, 0) is 58.8 Å². The molecule has 0 fully saturated rings. The van der Waals surface area contributed by atoms with E-state index in [1.165, 1.54) is 0 Å². The molecule has 224 valence electrons. The number of hydrogen-bond acceptors (Lipinski definition) is 4. The third kappa shape index (κ3) is 9.91. The molecule has 5 aromatic carbocycles. The van der Waals surface area contributed by atoms with Gasteiger partial charge >= 0.3 is 12.1 Å². The van der Waals surface area contributed by atoms with Gasteiger partial charge in [0.25, 0.3) is 7.37 Å². The molecule has 2 unspecified atom stereocenters. The molecular formula is C33H30F3O6P. The van der Waals surface area contributed by atoms with Gasteiger partial charge in [-0.1, -0.05) is 91.0 Å². The van der Waals surface area contributed by atoms with Crippen molar-refractivity contribution in [3.05, 3.63) is 145 Å². The monoisotopic (exact) mass is 610 g/mol. The molecule has 10 heteroatoms. The second kappa shape index (κ2) is 15.3. The SMILES string of the molecule is O=C(O)c1ccccc1.O=P(O)(c1ccccc1)c1ccccc1.OC(CC(O)C(F)(F)F)c1ccc2ccccc2c1. The predicted molar refractivity (Wildman–Crippen MR) is 161 cm³/mol. The highest BCUT2D eigenvalue weighted by Crippen LogP contribution is 2.37. The molecular weight excluding hydrogens is 580 g/mol. The summed E-state index contributed by atoms with van der Waals surface area (Å²) in [5.41, 5.74) is 0.694. The molecule has 0 aliphatic heterocycles. The standard InChI is InChI=1S/C14H13F3O2.C12H11O2P.C7H6O2/c15-14(16,17)13(19)8-12(18)11-6-5-9-3-1-2-4-10(9)7-11;13-15(14,11-7-3-1-4-8-11)12-9-5-2-6-10-12;8-7(9)6-4-2-1-3-5-6/h1-7,12-13,18-19H,8H2;1-10H,(H,13,14);1-5H,(H,8,9). The third-order valence-electron chi connectivity index (χ3n) is 6.22. The highest BCUT2D eigenvalue weighted by atomic mass is 31.2. The second-order valence-corrected chi connectivity index (χ2v) is 11.5. The van der Waals surface area contributed by atoms with E-state index in [1.807, 2.05) is 36.4 Å². The van der Waals surface area contributed by atoms with Crippen molar-refractivity contribution in [1.82, 2.24) is 0 Å². The maximum Gasteiger partial charge on any atom is 0.414 e. The summed E-state index contributed by atoms with van der Waals surface area (Å²) in [7, 11) is -3.40. The van der Waals surface area contributed by atoms with E-state index >= 15 is 0 Å². The Morgan fingerprint density at radius 2 is 1.12 bits per heavy atom. The Bertz CT molecular complexity index is 1590. The Kier molecular flexibility index (Phi) is 11.8. The molecule has 0 bridgehead atoms. The van der Waals surface area contributed by atoms with E-state index in [0.717, 1.165) is 10.8 Å². The molecule has 2 atom stereocenters. The van der Waals surface area contributed by atoms with Crippen molar-refractivity contribution >= 4 is 34.7 Å². The van der Waals surface area contributed by atoms with Crippen molar-refractivity contribution in [3.8, 4) is 0 Å². The normalized spacial score (nSPS) is 12.6. The van der Waals surface area contributed by atoms with E-state index in [2.05, 4.69) is 0 Å². The highest BCUT2D eigenvalue weighted by Gasteiger charge is 2.39. The smallest absolute Gasteiger partial charge is 0.414 e. The van der Waals surface area contributed by atoms with Crippen LogP contribution in [0.1, 0.15) is 28.4 Å². The van der Waals surface area contributed by atoms with Crippen LogP contribution in [0.25, 0.3) is 10.8 Å². The van der Waals surface area contributed by atoms with Crippen LogP contribution in [0.15, 0.2) is 133 Å². The summed E-state index contributed by atoms with van der Waals surface area (Å²) in [6.45, 7) is 0. The summed E-state index contributed by atoms with van der Waals surface area (Å²) in [5.74, 6) is -0.879. The van der Waals surface area contributed by atoms with Gasteiger partial charge < -0.3 is 20.2 Å². The van der Waals surface area contributed by atoms with E-state index in [9.17, 15) is 32.5 Å². The zero-order valence-electron chi connectivity index (χ0n) is 22.7. The van der Waals surface area contributed by atoms with Gasteiger partial charge in [-0.15, -0.1) is 0 Å². The first kappa shape index (κ1) is 33.2. The first-order chi connectivity index (χ1) is 20.4. The lowest BCUT2D eigenvalue weighted by atomic mass is 10.00. The van der Waals surface area contributed by atoms with Crippen LogP contribution in [0.3, 0.4) is 0 Å². The van der Waals surface area contributed by atoms with Crippen LogP contribution in [0.4, 0.5) is 13.2 Å². The van der Waals surface area contributed by atoms with E-state index in [-0.39, 0.29) is 0 Å². The van der Waals surface area contributed by atoms with Gasteiger partial charge in [-0.3, -0.25) is 4.57 Å². The van der Waals surface area contributed by atoms with Gasteiger partial charge in [-0.2, -0.15) is 13.2 Å². The molecule has 0 aliphatic carbocycles. The third-order valence-corrected chi connectivity index (χ3v) is 8.21. The van der Waals surface area contributed by atoms with Crippen molar-refractivity contribution in [2.24, 2.45) is 0 Å². The Labute approximate surface area is 246 Å². The molecule has 0 radical (unpaired) electrons. The summed E-state index contributed by atoms with van der Waals surface area (Å²) in [5, 5.41) is 29.8. The van der Waals surface area contributed by atoms with Crippen molar-refractivity contribution in [2.45, 2.75) is 24.8 Å². The van der Waals surface area contributed by atoms with E-state index in [0.29, 0.717) is 21.7 Å². The number of carbonyl (C=O) groups is 1. The molecule has 43 heavy (non-hydrogen) atoms. The lowest BCUT2D eigenvalue weighted by Gasteiger charge is -2.18. The molecule has 5 rings (SSSR count). The molecule has 0 saturated carbocycles. The number of alkyl halides is 3. The van der Waals surface area contributed by atoms with Gasteiger partial charge in [-0.25, -0.2) is 4.79 Å². The van der Waals surface area contributed by atoms with E-state index < -0.39 is 38.1 Å². The number of rotatable bonds is 6. The van der Waals surface area contributed by atoms with Crippen molar-refractivity contribution < 1.29 is 42.7 Å². The number of benzene rings is 5. The lowest BCUT2D eigenvalue weighted by molar-refractivity contribution is -0.211. The minimum absolute atomic E-state index is 0.331. The van der Waals surface area contributed by atoms with Crippen LogP contribution in [-0.2, 0) is 4.57 Å². The summed E-state index contributed by atoms with van der Waals surface area (Å²) >= 11 is 0. The summed E-state index contributed by atoms with van der Waals surface area (Å²) in [6.07, 6.45) is -9.34. The predicted octanol–water partition coefficient (Wildman–Crippen LogP) is 6.48. The number of halogens is 3. The van der Waals surface area contributed by atoms with Crippen LogP contribution in [0.2, 0.25) is 0 Å². The lowest BCUT2D eigenvalue weighted by Crippen LogP contribution is -2.30. The van der Waals surface area contributed by atoms with Gasteiger partial charge in [0.2, 0.25) is 0 Å². The molecule has 5 aromatic rings. The number of aromatic carboxylic acids is 1. The van der Waals surface area contributed by atoms with Crippen LogP contribution >= 0.6 is 7.37 Å². The summed E-state index contributed by atoms with van der Waals surface area (Å²) in [6, 6.07) is 38.0. The number of hydrogen-bond donors (Lipinski definition) is 4. The zero-order valence-corrected chi connectivity index (χ0v) is 23.6. The van der Waals surface area contributed by atoms with Gasteiger partial charge in [0.15, 0.2) is 6.10 Å². The zero-order chi connectivity index (χ0) is 31.5. The topological polar surface area (TPSA) is 115 Å². The highest BCUT2D eigenvalue weighted by molar-refractivity contribution is 7.73. The largest absolute Gasteiger partial charge is 0.478 e. The Morgan fingerprint density at radius 3 is 1.56 bits per heavy atom. The fourth-order valence-corrected chi connectivity index (χ4v) is 5.34. The molecule has 0 amide bonds. The Balaban J connectivity index is 0.000000188. The minimum atomic E-state index is -4.71. The molecule has 0 saturated heterocycles. The minimum Gasteiger partial charge on any atom is -0.478 e. The number of aliphatic hydroxyl groups excluding tert-OH is 2. The first-order valence-electron chi connectivity index (χ1n) is 13.0. The van der Waals surface area contributed by atoms with Crippen LogP contribution in [-0.4, -0.2) is 38.5 Å². The molecule has 0 aromatic heterocycles. The number of carboxylic acid groups (broad SMARTS) is 1. The van der Waals surface area contributed by atoms with Crippen molar-refractivity contribution in [1.29, 1.82) is 0 Å². The summed E-state index contributed by atoms with van der Waals surface area (Å²) < 4.78 is 48.8. The fraction of sp³-hybridized carbons (Fsp3) is 0.121. The van der Waals surface area contributed by atoms with Gasteiger partial charge in [0.1, 0.15) is 0 Å². The summed E-state index contributed by atoms with van der Waals surface area (Å²) in [4.78, 5) is 20.2. The quantitative estimate of drug-likeness (QED) is 0.164. The number of carboxylic acids is 1. The molecule has 0 spiro atoms. The molecule has 0 aliphatic rings. The first-order valence-corrected chi connectivity index (χ1v) is 14.7. The van der Waals surface area contributed by atoms with Crippen molar-refractivity contribution in [3.63, 3.8) is 0 Å². The average Bonchev–Trinajstić information content (AvgIpc) is 3.02. The number of aliphatic hydroxyl groups is 2. The maximum absolute atomic E-state index is 12.2. The molecule has 4 N–H and O–H groups in total. The fourth-order valence-electron chi connectivity index (χ4n) is 3.89. The van der Waals surface area contributed by atoms with Crippen LogP contribution < -0.4 is 10.6 Å². The Morgan fingerprint density at radius 1 is 0.674 bits per heavy atom. The van der Waals surface area contributed by atoms with Crippen LogP contribution in [0.5, 0.6) is 0 Å². The average molecular weight is 611 g/mol. The maximum atomic E-state index is 12.2. The van der Waals surface area contributed by atoms with Crippen LogP contribution in [0, 0.1) is 0 Å². The van der Waals surface area contributed by atoms with Gasteiger partial charge in [0.05, 0.1) is 11.7 Å². The van der Waals surface area contributed by atoms with E-state index in [4.69, 9.17) is 10.2 Å². The van der Waals surface area contributed by atoms with E-state index in [1.54, 1.807) is 97.1 Å². The number of fused-ring (bicyclic) bond motifs is 1. The van der Waals surface area contributed by atoms with Crippen molar-refractivity contribution in [2.75, 3.05) is 0 Å². The molecule has 6 nitrogen and oxygen atoms in total. The second-order valence-electron chi connectivity index (χ2n) is 9.33.